The molecule has 2 aromatic rings. The summed E-state index contributed by atoms with van der Waals surface area (Å²) in [4.78, 5) is 39.4. The van der Waals surface area contributed by atoms with Crippen molar-refractivity contribution in [2.24, 2.45) is 0 Å². The van der Waals surface area contributed by atoms with E-state index in [1.807, 2.05) is 38.1 Å². The molecule has 0 saturated carbocycles. The molecule has 2 atom stereocenters. The number of urea groups is 1. The van der Waals surface area contributed by atoms with Gasteiger partial charge in [-0.2, -0.15) is 0 Å². The number of carbonyl (C=O) groups is 3. The highest BCUT2D eigenvalue weighted by Gasteiger charge is 2.51. The first-order chi connectivity index (χ1) is 12.3. The Morgan fingerprint density at radius 2 is 1.69 bits per heavy atom. The Kier molecular flexibility index (Phi) is 4.40. The summed E-state index contributed by atoms with van der Waals surface area (Å²) in [5.41, 5.74) is 2.09. The lowest BCUT2D eigenvalue weighted by Gasteiger charge is -2.24. The summed E-state index contributed by atoms with van der Waals surface area (Å²) >= 11 is 0. The minimum absolute atomic E-state index is 0.256. The summed E-state index contributed by atoms with van der Waals surface area (Å²) in [6.07, 6.45) is 0. The van der Waals surface area contributed by atoms with E-state index in [9.17, 15) is 14.4 Å². The standard InChI is InChI=1S/C21H22N2O3/c1-13-10-11-16(12-14(13)2)18(24)15(3)23-19(25)21(4,22-20(23)26)17-8-6-5-7-9-17/h5-12,15H,1-4H3,(H,22,26)/t15-,21-/m1/s1. The van der Waals surface area contributed by atoms with E-state index in [1.165, 1.54) is 0 Å². The lowest BCUT2D eigenvalue weighted by atomic mass is 9.91. The summed E-state index contributed by atoms with van der Waals surface area (Å²) in [5, 5.41) is 2.74. The Morgan fingerprint density at radius 1 is 1.04 bits per heavy atom. The van der Waals surface area contributed by atoms with E-state index in [1.54, 1.807) is 38.1 Å². The molecule has 1 saturated heterocycles. The van der Waals surface area contributed by atoms with Crippen LogP contribution >= 0.6 is 0 Å². The average molecular weight is 350 g/mol. The molecule has 1 heterocycles. The van der Waals surface area contributed by atoms with Gasteiger partial charge in [-0.25, -0.2) is 4.79 Å². The molecule has 0 radical (unpaired) electrons. The molecule has 26 heavy (non-hydrogen) atoms. The number of nitrogens with one attached hydrogen (secondary N) is 1. The molecule has 1 aliphatic rings. The van der Waals surface area contributed by atoms with Gasteiger partial charge in [0.15, 0.2) is 5.78 Å². The number of imide groups is 1. The van der Waals surface area contributed by atoms with Crippen molar-refractivity contribution in [2.45, 2.75) is 39.3 Å². The predicted molar refractivity (Wildman–Crippen MR) is 98.9 cm³/mol. The van der Waals surface area contributed by atoms with E-state index in [0.717, 1.165) is 16.0 Å². The molecular formula is C21H22N2O3. The van der Waals surface area contributed by atoms with Crippen molar-refractivity contribution in [3.8, 4) is 0 Å². The van der Waals surface area contributed by atoms with E-state index in [4.69, 9.17) is 0 Å². The Bertz CT molecular complexity index is 891. The molecule has 0 bridgehead atoms. The van der Waals surface area contributed by atoms with Crippen molar-refractivity contribution >= 4 is 17.7 Å². The topological polar surface area (TPSA) is 66.5 Å². The van der Waals surface area contributed by atoms with E-state index in [0.29, 0.717) is 11.1 Å². The van der Waals surface area contributed by atoms with Crippen LogP contribution < -0.4 is 5.32 Å². The van der Waals surface area contributed by atoms with Crippen LogP contribution in [-0.4, -0.2) is 28.7 Å². The second-order valence-electron chi connectivity index (χ2n) is 6.94. The molecule has 134 valence electrons. The maximum absolute atomic E-state index is 13.0. The fourth-order valence-electron chi connectivity index (χ4n) is 3.23. The normalized spacial score (nSPS) is 20.8. The molecule has 3 amide bonds. The lowest BCUT2D eigenvalue weighted by molar-refractivity contribution is -0.131. The van der Waals surface area contributed by atoms with E-state index < -0.39 is 23.5 Å². The molecular weight excluding hydrogens is 328 g/mol. The third kappa shape index (κ3) is 2.79. The summed E-state index contributed by atoms with van der Waals surface area (Å²) < 4.78 is 0. The van der Waals surface area contributed by atoms with Crippen LogP contribution in [0, 0.1) is 13.8 Å². The number of amides is 3. The molecule has 0 spiro atoms. The molecule has 1 N–H and O–H groups in total. The number of ketones is 1. The Labute approximate surface area is 153 Å². The number of Topliss-reactive ketones (excluding diaryl/α,β-unsaturated/α-hetero) is 1. The molecule has 1 aliphatic heterocycles. The minimum atomic E-state index is -1.17. The molecule has 0 unspecified atom stereocenters. The van der Waals surface area contributed by atoms with Crippen LogP contribution in [0.3, 0.4) is 0 Å². The average Bonchev–Trinajstić information content (AvgIpc) is 2.87. The van der Waals surface area contributed by atoms with Crippen LogP contribution in [0.1, 0.15) is 40.9 Å². The van der Waals surface area contributed by atoms with Gasteiger partial charge in [-0.05, 0) is 50.5 Å². The first kappa shape index (κ1) is 17.9. The van der Waals surface area contributed by atoms with Gasteiger partial charge >= 0.3 is 6.03 Å². The number of aryl methyl sites for hydroxylation is 2. The zero-order valence-electron chi connectivity index (χ0n) is 15.4. The molecule has 3 rings (SSSR count). The number of hydrogen-bond donors (Lipinski definition) is 1. The summed E-state index contributed by atoms with van der Waals surface area (Å²) in [6, 6.07) is 13.0. The van der Waals surface area contributed by atoms with Crippen LogP contribution in [0.2, 0.25) is 0 Å². The van der Waals surface area contributed by atoms with Crippen molar-refractivity contribution in [1.82, 2.24) is 10.2 Å². The number of carbonyl (C=O) groups excluding carboxylic acids is 3. The van der Waals surface area contributed by atoms with Gasteiger partial charge in [0.05, 0.1) is 0 Å². The highest BCUT2D eigenvalue weighted by Crippen LogP contribution is 2.30. The van der Waals surface area contributed by atoms with Crippen molar-refractivity contribution < 1.29 is 14.4 Å². The van der Waals surface area contributed by atoms with E-state index in [2.05, 4.69) is 5.32 Å². The Balaban J connectivity index is 1.91. The second kappa shape index (κ2) is 6.41. The zero-order chi connectivity index (χ0) is 19.1. The molecule has 0 aliphatic carbocycles. The van der Waals surface area contributed by atoms with Crippen molar-refractivity contribution in [1.29, 1.82) is 0 Å². The Morgan fingerprint density at radius 3 is 2.31 bits per heavy atom. The third-order valence-electron chi connectivity index (χ3n) is 5.13. The van der Waals surface area contributed by atoms with Crippen LogP contribution in [0.15, 0.2) is 48.5 Å². The predicted octanol–water partition coefficient (Wildman–Crippen LogP) is 3.34. The highest BCUT2D eigenvalue weighted by atomic mass is 16.2. The van der Waals surface area contributed by atoms with E-state index in [-0.39, 0.29) is 5.78 Å². The fraction of sp³-hybridized carbons (Fsp3) is 0.286. The van der Waals surface area contributed by atoms with Gasteiger partial charge in [0.25, 0.3) is 5.91 Å². The lowest BCUT2D eigenvalue weighted by Crippen LogP contribution is -2.45. The smallest absolute Gasteiger partial charge is 0.319 e. The number of rotatable bonds is 4. The first-order valence-electron chi connectivity index (χ1n) is 8.58. The number of hydrogen-bond acceptors (Lipinski definition) is 3. The van der Waals surface area contributed by atoms with Gasteiger partial charge < -0.3 is 5.32 Å². The summed E-state index contributed by atoms with van der Waals surface area (Å²) in [5.74, 6) is -0.674. The quantitative estimate of drug-likeness (QED) is 0.679. The maximum atomic E-state index is 13.0. The van der Waals surface area contributed by atoms with Gasteiger partial charge in [-0.3, -0.25) is 14.5 Å². The minimum Gasteiger partial charge on any atom is -0.319 e. The molecule has 1 fully saturated rings. The summed E-state index contributed by atoms with van der Waals surface area (Å²) in [7, 11) is 0. The highest BCUT2D eigenvalue weighted by molar-refractivity contribution is 6.12. The van der Waals surface area contributed by atoms with E-state index >= 15 is 0 Å². The molecule has 0 aromatic heterocycles. The third-order valence-corrected chi connectivity index (χ3v) is 5.13. The van der Waals surface area contributed by atoms with Crippen LogP contribution in [0.4, 0.5) is 4.79 Å². The van der Waals surface area contributed by atoms with Gasteiger partial charge in [-0.1, -0.05) is 42.5 Å². The van der Waals surface area contributed by atoms with Gasteiger partial charge in [0, 0.05) is 5.56 Å². The number of nitrogens with zero attached hydrogens (tertiary/aromatic N) is 1. The number of benzene rings is 2. The van der Waals surface area contributed by atoms with Crippen LogP contribution in [-0.2, 0) is 10.3 Å². The summed E-state index contributed by atoms with van der Waals surface area (Å²) in [6.45, 7) is 7.15. The van der Waals surface area contributed by atoms with Gasteiger partial charge in [0.2, 0.25) is 0 Å². The first-order valence-corrected chi connectivity index (χ1v) is 8.58. The van der Waals surface area contributed by atoms with Gasteiger partial charge in [-0.15, -0.1) is 0 Å². The zero-order valence-corrected chi connectivity index (χ0v) is 15.4. The van der Waals surface area contributed by atoms with Gasteiger partial charge in [0.1, 0.15) is 11.6 Å². The molecule has 2 aromatic carbocycles. The molecule has 5 nitrogen and oxygen atoms in total. The largest absolute Gasteiger partial charge is 0.325 e. The van der Waals surface area contributed by atoms with Crippen molar-refractivity contribution in [3.63, 3.8) is 0 Å². The van der Waals surface area contributed by atoms with Crippen LogP contribution in [0.25, 0.3) is 0 Å². The monoisotopic (exact) mass is 350 g/mol. The second-order valence-corrected chi connectivity index (χ2v) is 6.94. The fourth-order valence-corrected chi connectivity index (χ4v) is 3.23. The SMILES string of the molecule is Cc1ccc(C(=O)[C@@H](C)N2C(=O)N[C@](C)(c3ccccc3)C2=O)cc1C. The maximum Gasteiger partial charge on any atom is 0.325 e. The Hall–Kier alpha value is -2.95. The molecule has 5 heteroatoms. The van der Waals surface area contributed by atoms with Crippen LogP contribution in [0.5, 0.6) is 0 Å². The van der Waals surface area contributed by atoms with Crippen molar-refractivity contribution in [2.75, 3.05) is 0 Å². The van der Waals surface area contributed by atoms with Crippen molar-refractivity contribution in [3.05, 3.63) is 70.8 Å².